The zero-order chi connectivity index (χ0) is 28.2. The van der Waals surface area contributed by atoms with Gasteiger partial charge in [-0.15, -0.1) is 11.3 Å². The average Bonchev–Trinajstić information content (AvgIpc) is 3.43. The number of fused-ring (bicyclic) bond motifs is 1. The molecule has 5 rings (SSSR count). The number of nitrogen functional groups attached to an aromatic ring is 1. The van der Waals surface area contributed by atoms with Crippen molar-refractivity contribution in [2.75, 3.05) is 11.1 Å². The van der Waals surface area contributed by atoms with Crippen LogP contribution in [0.2, 0.25) is 0 Å². The lowest BCUT2D eigenvalue weighted by atomic mass is 10.1. The molecule has 40 heavy (non-hydrogen) atoms. The quantitative estimate of drug-likeness (QED) is 0.246. The van der Waals surface area contributed by atoms with E-state index < -0.39 is 23.6 Å². The van der Waals surface area contributed by atoms with Crippen LogP contribution in [0, 0.1) is 23.0 Å². The van der Waals surface area contributed by atoms with Crippen LogP contribution in [0.5, 0.6) is 0 Å². The molecule has 2 aromatic carbocycles. The highest BCUT2D eigenvalue weighted by molar-refractivity contribution is 7.15. The number of halogens is 2. The second kappa shape index (κ2) is 11.4. The van der Waals surface area contributed by atoms with Crippen molar-refractivity contribution >= 4 is 39.8 Å². The van der Waals surface area contributed by atoms with Gasteiger partial charge in [-0.05, 0) is 60.9 Å². The third-order valence-electron chi connectivity index (χ3n) is 6.05. The van der Waals surface area contributed by atoms with Crippen molar-refractivity contribution in [3.63, 3.8) is 0 Å². The van der Waals surface area contributed by atoms with Crippen LogP contribution in [-0.2, 0) is 13.0 Å². The molecule has 0 aliphatic carbocycles. The molecule has 4 N–H and O–H groups in total. The number of benzene rings is 2. The summed E-state index contributed by atoms with van der Waals surface area (Å²) in [5.41, 5.74) is 8.21. The summed E-state index contributed by atoms with van der Waals surface area (Å²) in [5.74, 6) is -1.82. The van der Waals surface area contributed by atoms with Gasteiger partial charge in [0.05, 0.1) is 18.3 Å². The second-order valence-electron chi connectivity index (χ2n) is 9.00. The molecule has 5 aromatic rings. The molecule has 0 aliphatic rings. The molecular weight excluding hydrogens is 534 g/mol. The number of hydrogen-bond acceptors (Lipinski definition) is 9. The van der Waals surface area contributed by atoms with Gasteiger partial charge in [0.15, 0.2) is 28.8 Å². The number of rotatable bonds is 8. The monoisotopic (exact) mass is 556 g/mol. The molecule has 1 atom stereocenters. The van der Waals surface area contributed by atoms with E-state index in [9.17, 15) is 18.8 Å². The summed E-state index contributed by atoms with van der Waals surface area (Å²) < 4.78 is 26.8. The van der Waals surface area contributed by atoms with Gasteiger partial charge in [-0.3, -0.25) is 4.79 Å². The van der Waals surface area contributed by atoms with Gasteiger partial charge in [-0.2, -0.15) is 5.26 Å². The van der Waals surface area contributed by atoms with Gasteiger partial charge in [0.1, 0.15) is 18.2 Å². The Labute approximate surface area is 231 Å². The van der Waals surface area contributed by atoms with Gasteiger partial charge >= 0.3 is 0 Å². The minimum atomic E-state index is -0.953. The number of carbonyl (C=O) groups is 1. The van der Waals surface area contributed by atoms with Crippen molar-refractivity contribution in [1.29, 1.82) is 5.26 Å². The minimum Gasteiger partial charge on any atom is -0.383 e. The van der Waals surface area contributed by atoms with Crippen LogP contribution >= 0.6 is 11.3 Å². The summed E-state index contributed by atoms with van der Waals surface area (Å²) in [5, 5.41) is 16.0. The summed E-state index contributed by atoms with van der Waals surface area (Å²) in [6, 6.07) is 14.8. The number of nitrogens with two attached hydrogens (primary N) is 1. The van der Waals surface area contributed by atoms with E-state index in [0.29, 0.717) is 17.9 Å². The Morgan fingerprint density at radius 2 is 1.95 bits per heavy atom. The predicted molar refractivity (Wildman–Crippen MR) is 148 cm³/mol. The van der Waals surface area contributed by atoms with E-state index in [4.69, 9.17) is 5.73 Å². The van der Waals surface area contributed by atoms with Crippen molar-refractivity contribution in [2.24, 2.45) is 0 Å². The third-order valence-corrected chi connectivity index (χ3v) is 7.18. The van der Waals surface area contributed by atoms with Gasteiger partial charge in [0, 0.05) is 21.2 Å². The smallest absolute Gasteiger partial charge is 0.273 e. The highest BCUT2D eigenvalue weighted by Gasteiger charge is 2.19. The van der Waals surface area contributed by atoms with Crippen molar-refractivity contribution in [3.8, 4) is 16.5 Å². The van der Waals surface area contributed by atoms with Crippen molar-refractivity contribution in [1.82, 2.24) is 25.3 Å². The largest absolute Gasteiger partial charge is 0.383 e. The maximum Gasteiger partial charge on any atom is 0.273 e. The lowest BCUT2D eigenvalue weighted by molar-refractivity contribution is 0.0935. The number of nitrogens with one attached hydrogen (secondary N) is 2. The summed E-state index contributed by atoms with van der Waals surface area (Å²) in [6.45, 7) is 2.09. The second-order valence-corrected chi connectivity index (χ2v) is 10.2. The number of amides is 1. The average molecular weight is 557 g/mol. The molecule has 0 radical (unpaired) electrons. The molecule has 0 spiro atoms. The van der Waals surface area contributed by atoms with E-state index in [1.165, 1.54) is 18.6 Å². The lowest BCUT2D eigenvalue weighted by Gasteiger charge is -2.15. The van der Waals surface area contributed by atoms with E-state index in [-0.39, 0.29) is 23.6 Å². The van der Waals surface area contributed by atoms with Gasteiger partial charge in [0.2, 0.25) is 0 Å². The number of thiophene rings is 1. The molecule has 12 heteroatoms. The number of anilines is 2. The van der Waals surface area contributed by atoms with Crippen molar-refractivity contribution in [3.05, 3.63) is 94.5 Å². The van der Waals surface area contributed by atoms with Crippen LogP contribution in [0.15, 0.2) is 61.1 Å². The Balaban J connectivity index is 1.29. The summed E-state index contributed by atoms with van der Waals surface area (Å²) in [4.78, 5) is 31.7. The predicted octanol–water partition coefficient (Wildman–Crippen LogP) is 4.85. The lowest BCUT2D eigenvalue weighted by Crippen LogP contribution is -2.35. The first-order valence-electron chi connectivity index (χ1n) is 12.2. The standard InChI is InChI=1S/C28H22F2N8OS/c1-15(8-16-2-5-21(29)22(30)9-16)37-28(39)25-27(33-12-18(11-31)38-25)34-13-19-4-7-24(40-19)17-3-6-23-20(10-17)26(32)36-14-35-23/h2-7,9-10,12,14-15H,8,13H2,1H3,(H,33,34)(H,37,39)(H2,32,35,36). The SMILES string of the molecule is CC(Cc1ccc(F)c(F)c1)NC(=O)c1nc(C#N)cnc1NCc1ccc(-c2ccc3ncnc(N)c3c2)s1. The van der Waals surface area contributed by atoms with Crippen LogP contribution in [0.4, 0.5) is 20.4 Å². The van der Waals surface area contributed by atoms with Crippen LogP contribution < -0.4 is 16.4 Å². The van der Waals surface area contributed by atoms with E-state index in [0.717, 1.165) is 38.4 Å². The Morgan fingerprint density at radius 1 is 1.10 bits per heavy atom. The van der Waals surface area contributed by atoms with Crippen molar-refractivity contribution < 1.29 is 13.6 Å². The first kappa shape index (κ1) is 26.6. The molecule has 0 fully saturated rings. The number of nitriles is 1. The summed E-state index contributed by atoms with van der Waals surface area (Å²) in [7, 11) is 0. The molecule has 3 heterocycles. The highest BCUT2D eigenvalue weighted by Crippen LogP contribution is 2.31. The molecule has 0 saturated heterocycles. The number of nitrogens with zero attached hydrogens (tertiary/aromatic N) is 5. The Morgan fingerprint density at radius 3 is 2.75 bits per heavy atom. The third kappa shape index (κ3) is 5.84. The zero-order valence-electron chi connectivity index (χ0n) is 21.2. The van der Waals surface area contributed by atoms with Crippen molar-refractivity contribution in [2.45, 2.75) is 25.9 Å². The molecule has 9 nitrogen and oxygen atoms in total. The first-order valence-corrected chi connectivity index (χ1v) is 13.0. The topological polar surface area (TPSA) is 142 Å². The maximum absolute atomic E-state index is 13.6. The van der Waals surface area contributed by atoms with Gasteiger partial charge in [0.25, 0.3) is 5.91 Å². The fraction of sp³-hybridized carbons (Fsp3) is 0.143. The van der Waals surface area contributed by atoms with Gasteiger partial charge in [-0.25, -0.2) is 28.7 Å². The fourth-order valence-electron chi connectivity index (χ4n) is 4.12. The fourth-order valence-corrected chi connectivity index (χ4v) is 5.07. The summed E-state index contributed by atoms with van der Waals surface area (Å²) >= 11 is 1.55. The van der Waals surface area contributed by atoms with E-state index >= 15 is 0 Å². The Hall–Kier alpha value is -5.02. The molecular formula is C28H22F2N8OS. The zero-order valence-corrected chi connectivity index (χ0v) is 22.0. The van der Waals surface area contributed by atoms with E-state index in [1.807, 2.05) is 36.4 Å². The first-order chi connectivity index (χ1) is 19.3. The van der Waals surface area contributed by atoms with Crippen LogP contribution in [0.3, 0.4) is 0 Å². The van der Waals surface area contributed by atoms with Gasteiger partial charge < -0.3 is 16.4 Å². The minimum absolute atomic E-state index is 0.0121. The Kier molecular flexibility index (Phi) is 7.56. The molecule has 1 amide bonds. The van der Waals surface area contributed by atoms with Crippen LogP contribution in [0.1, 0.15) is 33.5 Å². The molecule has 1 unspecified atom stereocenters. The number of aromatic nitrogens is 4. The maximum atomic E-state index is 13.6. The number of carbonyl (C=O) groups excluding carboxylic acids is 1. The van der Waals surface area contributed by atoms with Crippen LogP contribution in [-0.4, -0.2) is 31.9 Å². The molecule has 0 aliphatic heterocycles. The number of hydrogen-bond donors (Lipinski definition) is 3. The van der Waals surface area contributed by atoms with Crippen LogP contribution in [0.25, 0.3) is 21.3 Å². The molecule has 0 bridgehead atoms. The van der Waals surface area contributed by atoms with Gasteiger partial charge in [-0.1, -0.05) is 12.1 Å². The Bertz CT molecular complexity index is 1770. The normalized spacial score (nSPS) is 11.7. The summed E-state index contributed by atoms with van der Waals surface area (Å²) in [6.07, 6.45) is 2.98. The van der Waals surface area contributed by atoms with E-state index in [1.54, 1.807) is 18.3 Å². The molecule has 0 saturated carbocycles. The molecule has 3 aromatic heterocycles. The molecule has 200 valence electrons. The van der Waals surface area contributed by atoms with E-state index in [2.05, 4.69) is 30.6 Å². The highest BCUT2D eigenvalue weighted by atomic mass is 32.1.